The summed E-state index contributed by atoms with van der Waals surface area (Å²) in [4.78, 5) is 0. The quantitative estimate of drug-likeness (QED) is 0.840. The van der Waals surface area contributed by atoms with E-state index in [-0.39, 0.29) is 12.2 Å². The van der Waals surface area contributed by atoms with Crippen molar-refractivity contribution in [1.29, 1.82) is 0 Å². The molecule has 1 aliphatic rings. The lowest BCUT2D eigenvalue weighted by Crippen LogP contribution is -2.34. The van der Waals surface area contributed by atoms with Crippen molar-refractivity contribution in [1.82, 2.24) is 0 Å². The highest BCUT2D eigenvalue weighted by Gasteiger charge is 2.24. The van der Waals surface area contributed by atoms with Gasteiger partial charge in [0, 0.05) is 5.02 Å². The zero-order valence-corrected chi connectivity index (χ0v) is 9.28. The number of benzene rings is 1. The highest BCUT2D eigenvalue weighted by atomic mass is 35.5. The van der Waals surface area contributed by atoms with Gasteiger partial charge in [-0.15, -0.1) is 0 Å². The van der Waals surface area contributed by atoms with Crippen molar-refractivity contribution in [3.05, 3.63) is 29.3 Å². The van der Waals surface area contributed by atoms with Gasteiger partial charge < -0.3 is 9.84 Å². The van der Waals surface area contributed by atoms with Crippen LogP contribution in [-0.4, -0.2) is 17.3 Å². The molecule has 0 aliphatic heterocycles. The van der Waals surface area contributed by atoms with E-state index >= 15 is 0 Å². The zero-order chi connectivity index (χ0) is 10.7. The van der Waals surface area contributed by atoms with Crippen LogP contribution in [0.3, 0.4) is 0 Å². The molecule has 0 spiro atoms. The molecule has 1 N–H and O–H groups in total. The highest BCUT2D eigenvalue weighted by Crippen LogP contribution is 2.24. The minimum atomic E-state index is -0.325. The van der Waals surface area contributed by atoms with Crippen LogP contribution in [0.1, 0.15) is 25.7 Å². The Balaban J connectivity index is 1.98. The van der Waals surface area contributed by atoms with Crippen LogP contribution in [0, 0.1) is 0 Å². The Morgan fingerprint density at radius 3 is 2.47 bits per heavy atom. The normalized spacial score (nSPS) is 26.3. The van der Waals surface area contributed by atoms with E-state index in [4.69, 9.17) is 16.3 Å². The highest BCUT2D eigenvalue weighted by molar-refractivity contribution is 6.30. The van der Waals surface area contributed by atoms with Crippen LogP contribution in [0.4, 0.5) is 0 Å². The molecule has 2 rings (SSSR count). The van der Waals surface area contributed by atoms with Gasteiger partial charge in [0.2, 0.25) is 0 Å². The van der Waals surface area contributed by atoms with Gasteiger partial charge >= 0.3 is 0 Å². The molecule has 15 heavy (non-hydrogen) atoms. The maximum Gasteiger partial charge on any atom is 0.124 e. The fraction of sp³-hybridized carbons (Fsp3) is 0.500. The topological polar surface area (TPSA) is 29.5 Å². The Kier molecular flexibility index (Phi) is 3.49. The van der Waals surface area contributed by atoms with Gasteiger partial charge in [0.05, 0.1) is 6.10 Å². The SMILES string of the molecule is O[C@@H]1CCCC[C@H]1Oc1ccc(Cl)cc1. The predicted octanol–water partition coefficient (Wildman–Crippen LogP) is 3.02. The van der Waals surface area contributed by atoms with Gasteiger partial charge in [-0.25, -0.2) is 0 Å². The van der Waals surface area contributed by atoms with Crippen LogP contribution in [-0.2, 0) is 0 Å². The number of ether oxygens (including phenoxy) is 1. The first-order valence-electron chi connectivity index (χ1n) is 5.36. The molecular weight excluding hydrogens is 212 g/mol. The Morgan fingerprint density at radius 1 is 1.13 bits per heavy atom. The van der Waals surface area contributed by atoms with Gasteiger partial charge in [-0.05, 0) is 43.5 Å². The largest absolute Gasteiger partial charge is 0.488 e. The van der Waals surface area contributed by atoms with Crippen molar-refractivity contribution < 1.29 is 9.84 Å². The van der Waals surface area contributed by atoms with E-state index in [1.165, 1.54) is 0 Å². The summed E-state index contributed by atoms with van der Waals surface area (Å²) in [5.74, 6) is 0.783. The predicted molar refractivity (Wildman–Crippen MR) is 60.3 cm³/mol. The summed E-state index contributed by atoms with van der Waals surface area (Å²) in [6.07, 6.45) is 3.63. The second kappa shape index (κ2) is 4.86. The van der Waals surface area contributed by atoms with Crippen LogP contribution >= 0.6 is 11.6 Å². The van der Waals surface area contributed by atoms with Crippen molar-refractivity contribution in [3.8, 4) is 5.75 Å². The van der Waals surface area contributed by atoms with Crippen molar-refractivity contribution in [2.24, 2.45) is 0 Å². The van der Waals surface area contributed by atoms with E-state index in [0.29, 0.717) is 5.02 Å². The van der Waals surface area contributed by atoms with Crippen LogP contribution in [0.2, 0.25) is 5.02 Å². The van der Waals surface area contributed by atoms with Gasteiger partial charge in [-0.2, -0.15) is 0 Å². The van der Waals surface area contributed by atoms with Crippen molar-refractivity contribution in [2.45, 2.75) is 37.9 Å². The third-order valence-electron chi connectivity index (χ3n) is 2.77. The number of halogens is 1. The van der Waals surface area contributed by atoms with Gasteiger partial charge in [-0.3, -0.25) is 0 Å². The first-order chi connectivity index (χ1) is 7.25. The Morgan fingerprint density at radius 2 is 1.80 bits per heavy atom. The van der Waals surface area contributed by atoms with Gasteiger partial charge in [0.1, 0.15) is 11.9 Å². The molecule has 1 aliphatic carbocycles. The summed E-state index contributed by atoms with van der Waals surface area (Å²) >= 11 is 5.78. The Hall–Kier alpha value is -0.730. The van der Waals surface area contributed by atoms with Gasteiger partial charge in [0.15, 0.2) is 0 Å². The van der Waals surface area contributed by atoms with E-state index in [1.807, 2.05) is 12.1 Å². The molecule has 0 unspecified atom stereocenters. The smallest absolute Gasteiger partial charge is 0.124 e. The molecule has 1 saturated carbocycles. The maximum absolute atomic E-state index is 9.73. The molecule has 0 saturated heterocycles. The lowest BCUT2D eigenvalue weighted by molar-refractivity contribution is 0.00688. The van der Waals surface area contributed by atoms with Gasteiger partial charge in [0.25, 0.3) is 0 Å². The molecule has 2 nitrogen and oxygen atoms in total. The second-order valence-electron chi connectivity index (χ2n) is 3.96. The molecule has 1 aromatic carbocycles. The van der Waals surface area contributed by atoms with Crippen molar-refractivity contribution in [3.63, 3.8) is 0 Å². The zero-order valence-electron chi connectivity index (χ0n) is 8.53. The van der Waals surface area contributed by atoms with E-state index in [1.54, 1.807) is 12.1 Å². The third-order valence-corrected chi connectivity index (χ3v) is 3.02. The molecule has 0 radical (unpaired) electrons. The summed E-state index contributed by atoms with van der Waals surface area (Å²) in [5.41, 5.74) is 0. The van der Waals surface area contributed by atoms with E-state index in [2.05, 4.69) is 0 Å². The molecule has 0 bridgehead atoms. The second-order valence-corrected chi connectivity index (χ2v) is 4.40. The van der Waals surface area contributed by atoms with Crippen LogP contribution < -0.4 is 4.74 Å². The summed E-state index contributed by atoms with van der Waals surface area (Å²) < 4.78 is 5.71. The van der Waals surface area contributed by atoms with E-state index in [9.17, 15) is 5.11 Å². The standard InChI is InChI=1S/C12H15ClO2/c13-9-5-7-10(8-6-9)15-12-4-2-1-3-11(12)14/h5-8,11-12,14H,1-4H2/t11-,12-/m1/s1. The van der Waals surface area contributed by atoms with Crippen LogP contribution in [0.15, 0.2) is 24.3 Å². The van der Waals surface area contributed by atoms with Crippen LogP contribution in [0.25, 0.3) is 0 Å². The minimum Gasteiger partial charge on any atom is -0.488 e. The average molecular weight is 227 g/mol. The van der Waals surface area contributed by atoms with E-state index < -0.39 is 0 Å². The molecule has 0 heterocycles. The number of rotatable bonds is 2. The fourth-order valence-corrected chi connectivity index (χ4v) is 2.03. The average Bonchev–Trinajstić information content (AvgIpc) is 2.25. The van der Waals surface area contributed by atoms with Gasteiger partial charge in [-0.1, -0.05) is 18.0 Å². The summed E-state index contributed by atoms with van der Waals surface area (Å²) in [6.45, 7) is 0. The lowest BCUT2D eigenvalue weighted by atomic mass is 9.95. The molecular formula is C12H15ClO2. The molecule has 0 aromatic heterocycles. The van der Waals surface area contributed by atoms with Crippen LogP contribution in [0.5, 0.6) is 5.75 Å². The summed E-state index contributed by atoms with van der Waals surface area (Å²) in [7, 11) is 0. The van der Waals surface area contributed by atoms with Crippen molar-refractivity contribution in [2.75, 3.05) is 0 Å². The molecule has 82 valence electrons. The lowest BCUT2D eigenvalue weighted by Gasteiger charge is -2.28. The molecule has 0 amide bonds. The molecule has 3 heteroatoms. The molecule has 1 fully saturated rings. The number of aliphatic hydroxyl groups excluding tert-OH is 1. The number of hydrogen-bond donors (Lipinski definition) is 1. The van der Waals surface area contributed by atoms with E-state index in [0.717, 1.165) is 31.4 Å². The maximum atomic E-state index is 9.73. The third kappa shape index (κ3) is 2.86. The first-order valence-corrected chi connectivity index (χ1v) is 5.74. The number of aliphatic hydroxyl groups is 1. The molecule has 1 aromatic rings. The fourth-order valence-electron chi connectivity index (χ4n) is 1.90. The Labute approximate surface area is 94.8 Å². The summed E-state index contributed by atoms with van der Waals surface area (Å²) in [5, 5.41) is 10.4. The number of hydrogen-bond acceptors (Lipinski definition) is 2. The summed E-state index contributed by atoms with van der Waals surface area (Å²) in [6, 6.07) is 7.27. The first kappa shape index (κ1) is 10.8. The minimum absolute atomic E-state index is 0.0556. The Bertz CT molecular complexity index is 310. The van der Waals surface area contributed by atoms with Crippen molar-refractivity contribution >= 4 is 11.6 Å². The molecule has 2 atom stereocenters. The monoisotopic (exact) mass is 226 g/mol.